The molecule has 2 N–H and O–H groups in total. The number of rotatable bonds is 8. The SMILES string of the molecule is CCC1(CC)NC(=O)N(CC(=O)OC(C)C(=O)Nc2cc(Cl)ccc2OC)C1=O. The average molecular weight is 426 g/mol. The van der Waals surface area contributed by atoms with Gasteiger partial charge in [-0.05, 0) is 38.0 Å². The molecule has 0 spiro atoms. The number of amides is 4. The first-order chi connectivity index (χ1) is 13.7. The van der Waals surface area contributed by atoms with Crippen LogP contribution in [0.25, 0.3) is 0 Å². The van der Waals surface area contributed by atoms with Gasteiger partial charge in [-0.15, -0.1) is 0 Å². The van der Waals surface area contributed by atoms with Crippen LogP contribution in [-0.4, -0.2) is 54.0 Å². The van der Waals surface area contributed by atoms with E-state index in [9.17, 15) is 19.2 Å². The van der Waals surface area contributed by atoms with E-state index in [4.69, 9.17) is 21.1 Å². The molecule has 1 heterocycles. The largest absolute Gasteiger partial charge is 0.495 e. The highest BCUT2D eigenvalue weighted by molar-refractivity contribution is 6.31. The Kier molecular flexibility index (Phi) is 7.07. The summed E-state index contributed by atoms with van der Waals surface area (Å²) in [4.78, 5) is 50.0. The fraction of sp³-hybridized carbons (Fsp3) is 0.474. The molecule has 1 aliphatic rings. The van der Waals surface area contributed by atoms with Gasteiger partial charge in [0, 0.05) is 5.02 Å². The Balaban J connectivity index is 1.99. The highest BCUT2D eigenvalue weighted by atomic mass is 35.5. The van der Waals surface area contributed by atoms with E-state index in [1.807, 2.05) is 0 Å². The molecule has 1 aromatic rings. The van der Waals surface area contributed by atoms with Crippen molar-refractivity contribution in [1.29, 1.82) is 0 Å². The van der Waals surface area contributed by atoms with Gasteiger partial charge in [-0.25, -0.2) is 4.79 Å². The first-order valence-electron chi connectivity index (χ1n) is 9.15. The third-order valence-corrected chi connectivity index (χ3v) is 5.07. The molecule has 0 saturated carbocycles. The summed E-state index contributed by atoms with van der Waals surface area (Å²) in [5.41, 5.74) is -0.693. The number of anilines is 1. The number of carbonyl (C=O) groups is 4. The topological polar surface area (TPSA) is 114 Å². The Labute approximate surface area is 173 Å². The molecule has 10 heteroatoms. The van der Waals surface area contributed by atoms with Crippen molar-refractivity contribution in [2.45, 2.75) is 45.3 Å². The minimum atomic E-state index is -1.17. The Morgan fingerprint density at radius 1 is 1.28 bits per heavy atom. The Morgan fingerprint density at radius 3 is 2.48 bits per heavy atom. The molecule has 0 bridgehead atoms. The zero-order valence-electron chi connectivity index (χ0n) is 16.7. The van der Waals surface area contributed by atoms with Gasteiger partial charge in [0.05, 0.1) is 12.8 Å². The lowest BCUT2D eigenvalue weighted by Gasteiger charge is -2.23. The lowest BCUT2D eigenvalue weighted by molar-refractivity contribution is -0.155. The molecule has 1 saturated heterocycles. The van der Waals surface area contributed by atoms with E-state index in [-0.39, 0.29) is 0 Å². The van der Waals surface area contributed by atoms with Gasteiger partial charge in [-0.3, -0.25) is 19.3 Å². The van der Waals surface area contributed by atoms with E-state index in [1.165, 1.54) is 20.1 Å². The average Bonchev–Trinajstić information content (AvgIpc) is 2.92. The zero-order valence-corrected chi connectivity index (χ0v) is 17.5. The molecule has 29 heavy (non-hydrogen) atoms. The Morgan fingerprint density at radius 2 is 1.93 bits per heavy atom. The number of methoxy groups -OCH3 is 1. The lowest BCUT2D eigenvalue weighted by Crippen LogP contribution is -2.46. The summed E-state index contributed by atoms with van der Waals surface area (Å²) in [5, 5.41) is 5.58. The van der Waals surface area contributed by atoms with Gasteiger partial charge in [-0.2, -0.15) is 0 Å². The van der Waals surface area contributed by atoms with E-state index in [0.717, 1.165) is 4.90 Å². The summed E-state index contributed by atoms with van der Waals surface area (Å²) >= 11 is 5.92. The molecular weight excluding hydrogens is 402 g/mol. The summed E-state index contributed by atoms with van der Waals surface area (Å²) in [7, 11) is 1.44. The normalized spacial score (nSPS) is 16.2. The predicted molar refractivity (Wildman–Crippen MR) is 106 cm³/mol. The van der Waals surface area contributed by atoms with Crippen molar-refractivity contribution in [1.82, 2.24) is 10.2 Å². The molecule has 1 aromatic carbocycles. The Bertz CT molecular complexity index is 824. The second-order valence-corrected chi connectivity index (χ2v) is 7.01. The summed E-state index contributed by atoms with van der Waals surface area (Å²) in [6, 6.07) is 4.02. The summed E-state index contributed by atoms with van der Waals surface area (Å²) in [6.07, 6.45) is -0.367. The smallest absolute Gasteiger partial charge is 0.327 e. The van der Waals surface area contributed by atoms with Crippen molar-refractivity contribution in [2.24, 2.45) is 0 Å². The van der Waals surface area contributed by atoms with Crippen LogP contribution in [0.15, 0.2) is 18.2 Å². The number of esters is 1. The number of hydrogen-bond donors (Lipinski definition) is 2. The highest BCUT2D eigenvalue weighted by Gasteiger charge is 2.49. The summed E-state index contributed by atoms with van der Waals surface area (Å²) in [6.45, 7) is 4.35. The minimum Gasteiger partial charge on any atom is -0.495 e. The molecule has 1 aliphatic heterocycles. The van der Waals surface area contributed by atoms with Gasteiger partial charge in [0.15, 0.2) is 6.10 Å². The van der Waals surface area contributed by atoms with Crippen LogP contribution < -0.4 is 15.4 Å². The van der Waals surface area contributed by atoms with E-state index >= 15 is 0 Å². The zero-order chi connectivity index (χ0) is 21.8. The maximum absolute atomic E-state index is 12.5. The van der Waals surface area contributed by atoms with Gasteiger partial charge >= 0.3 is 12.0 Å². The summed E-state index contributed by atoms with van der Waals surface area (Å²) in [5.74, 6) is -1.59. The van der Waals surface area contributed by atoms with Crippen LogP contribution in [-0.2, 0) is 19.1 Å². The molecule has 1 atom stereocenters. The van der Waals surface area contributed by atoms with Gasteiger partial charge in [0.1, 0.15) is 17.8 Å². The minimum absolute atomic E-state index is 0.317. The van der Waals surface area contributed by atoms with E-state index in [2.05, 4.69) is 10.6 Å². The quantitative estimate of drug-likeness (QED) is 0.488. The molecule has 9 nitrogen and oxygen atoms in total. The third-order valence-electron chi connectivity index (χ3n) is 4.84. The molecule has 0 radical (unpaired) electrons. The molecule has 1 fully saturated rings. The van der Waals surface area contributed by atoms with Crippen molar-refractivity contribution in [3.05, 3.63) is 23.2 Å². The fourth-order valence-corrected chi connectivity index (χ4v) is 3.15. The van der Waals surface area contributed by atoms with Crippen LogP contribution in [0.5, 0.6) is 5.75 Å². The van der Waals surface area contributed by atoms with Crippen LogP contribution >= 0.6 is 11.6 Å². The van der Waals surface area contributed by atoms with Crippen molar-refractivity contribution in [2.75, 3.05) is 19.0 Å². The third kappa shape index (κ3) is 4.79. The molecule has 2 rings (SSSR count). The predicted octanol–water partition coefficient (Wildman–Crippen LogP) is 2.33. The second kappa shape index (κ2) is 9.13. The standard InChI is InChI=1S/C19H24ClN3O6/c1-5-19(6-2)17(26)23(18(27)22-19)10-15(24)29-11(3)16(25)21-13-9-12(20)7-8-14(13)28-4/h7-9,11H,5-6,10H2,1-4H3,(H,21,25)(H,22,27). The van der Waals surface area contributed by atoms with Gasteiger partial charge in [0.25, 0.3) is 11.8 Å². The van der Waals surface area contributed by atoms with Crippen LogP contribution in [0, 0.1) is 0 Å². The van der Waals surface area contributed by atoms with Crippen LogP contribution in [0.2, 0.25) is 5.02 Å². The summed E-state index contributed by atoms with van der Waals surface area (Å²) < 4.78 is 10.2. The van der Waals surface area contributed by atoms with E-state index < -0.39 is 42.0 Å². The number of nitrogens with zero attached hydrogens (tertiary/aromatic N) is 1. The van der Waals surface area contributed by atoms with E-state index in [0.29, 0.717) is 29.3 Å². The molecular formula is C19H24ClN3O6. The maximum atomic E-state index is 12.5. The molecule has 0 aromatic heterocycles. The van der Waals surface area contributed by atoms with Gasteiger partial charge in [-0.1, -0.05) is 25.4 Å². The van der Waals surface area contributed by atoms with Crippen molar-refractivity contribution < 1.29 is 28.7 Å². The van der Waals surface area contributed by atoms with E-state index in [1.54, 1.807) is 26.0 Å². The van der Waals surface area contributed by atoms with Gasteiger partial charge < -0.3 is 20.1 Å². The Hall–Kier alpha value is -2.81. The molecule has 0 aliphatic carbocycles. The monoisotopic (exact) mass is 425 g/mol. The number of halogens is 1. The number of nitrogens with one attached hydrogen (secondary N) is 2. The number of benzene rings is 1. The first kappa shape index (κ1) is 22.5. The van der Waals surface area contributed by atoms with Crippen LogP contribution in [0.3, 0.4) is 0 Å². The molecule has 1 unspecified atom stereocenters. The maximum Gasteiger partial charge on any atom is 0.327 e. The molecule has 4 amide bonds. The van der Waals surface area contributed by atoms with Gasteiger partial charge in [0.2, 0.25) is 0 Å². The molecule has 158 valence electrons. The van der Waals surface area contributed by atoms with Crippen LogP contribution in [0.1, 0.15) is 33.6 Å². The fourth-order valence-electron chi connectivity index (χ4n) is 2.98. The number of hydrogen-bond acceptors (Lipinski definition) is 6. The van der Waals surface area contributed by atoms with Crippen molar-refractivity contribution in [3.8, 4) is 5.75 Å². The van der Waals surface area contributed by atoms with Crippen LogP contribution in [0.4, 0.5) is 10.5 Å². The number of imide groups is 1. The van der Waals surface area contributed by atoms with Crippen molar-refractivity contribution in [3.63, 3.8) is 0 Å². The second-order valence-electron chi connectivity index (χ2n) is 6.58. The lowest BCUT2D eigenvalue weighted by atomic mass is 9.93. The van der Waals surface area contributed by atoms with Crippen molar-refractivity contribution >= 4 is 41.1 Å². The number of carbonyl (C=O) groups excluding carboxylic acids is 4. The first-order valence-corrected chi connectivity index (χ1v) is 9.53. The highest BCUT2D eigenvalue weighted by Crippen LogP contribution is 2.28. The number of ether oxygens (including phenoxy) is 2. The number of urea groups is 1.